The van der Waals surface area contributed by atoms with Crippen LogP contribution in [0.5, 0.6) is 0 Å². The molecule has 4 nitrogen and oxygen atoms in total. The molecule has 0 aromatic carbocycles. The summed E-state index contributed by atoms with van der Waals surface area (Å²) >= 11 is 0. The number of carbonyl (C=O) groups is 1. The molecule has 1 fully saturated rings. The highest BCUT2D eigenvalue weighted by atomic mass is 16.4. The molecule has 1 aliphatic heterocycles. The zero-order chi connectivity index (χ0) is 10.8. The molecule has 1 aliphatic rings. The Kier molecular flexibility index (Phi) is 3.50. The van der Waals surface area contributed by atoms with E-state index in [-0.39, 0.29) is 18.0 Å². The molecule has 0 aliphatic carbocycles. The Morgan fingerprint density at radius 2 is 2.29 bits per heavy atom. The molecule has 1 rings (SSSR count). The molecule has 0 saturated carbocycles. The van der Waals surface area contributed by atoms with Crippen LogP contribution < -0.4 is 5.32 Å². The molecule has 0 amide bonds. The number of likely N-dealkylation sites (N-methyl/N-ethyl adjacent to an activating group) is 1. The molecule has 1 heterocycles. The third-order valence-corrected chi connectivity index (χ3v) is 2.56. The lowest BCUT2D eigenvalue weighted by Crippen LogP contribution is -2.62. The third-order valence-electron chi connectivity index (χ3n) is 2.56. The molecule has 0 bridgehead atoms. The summed E-state index contributed by atoms with van der Waals surface area (Å²) < 4.78 is 0. The zero-order valence-corrected chi connectivity index (χ0v) is 9.21. The van der Waals surface area contributed by atoms with E-state index in [1.807, 2.05) is 0 Å². The third kappa shape index (κ3) is 3.27. The summed E-state index contributed by atoms with van der Waals surface area (Å²) in [4.78, 5) is 12.9. The highest BCUT2D eigenvalue weighted by molar-refractivity contribution is 5.67. The van der Waals surface area contributed by atoms with Gasteiger partial charge < -0.3 is 15.3 Å². The molecule has 1 saturated heterocycles. The average Bonchev–Trinajstić information content (AvgIpc) is 1.99. The van der Waals surface area contributed by atoms with Crippen molar-refractivity contribution < 1.29 is 9.90 Å². The monoisotopic (exact) mass is 200 g/mol. The molecular weight excluding hydrogens is 180 g/mol. The molecule has 1 unspecified atom stereocenters. The topological polar surface area (TPSA) is 52.6 Å². The lowest BCUT2D eigenvalue weighted by molar-refractivity contribution is -0.138. The Balaban J connectivity index is 2.56. The van der Waals surface area contributed by atoms with Gasteiger partial charge in [0.25, 0.3) is 0 Å². The summed E-state index contributed by atoms with van der Waals surface area (Å²) in [5, 5.41) is 12.1. The van der Waals surface area contributed by atoms with Crippen LogP contribution in [0.3, 0.4) is 0 Å². The number of hydrogen-bond acceptors (Lipinski definition) is 3. The van der Waals surface area contributed by atoms with Gasteiger partial charge in [-0.3, -0.25) is 4.79 Å². The highest BCUT2D eigenvalue weighted by Crippen LogP contribution is 2.15. The second-order valence-electron chi connectivity index (χ2n) is 4.65. The maximum absolute atomic E-state index is 10.6. The Bertz CT molecular complexity index is 216. The molecule has 0 aromatic heterocycles. The minimum atomic E-state index is -0.726. The van der Waals surface area contributed by atoms with Crippen molar-refractivity contribution in [2.24, 2.45) is 0 Å². The molecule has 0 spiro atoms. The first-order valence-electron chi connectivity index (χ1n) is 5.15. The predicted octanol–water partition coefficient (Wildman–Crippen LogP) is 0.533. The van der Waals surface area contributed by atoms with E-state index in [2.05, 4.69) is 31.0 Å². The van der Waals surface area contributed by atoms with Crippen LogP contribution in [0.2, 0.25) is 0 Å². The fourth-order valence-electron chi connectivity index (χ4n) is 2.15. The fraction of sp³-hybridized carbons (Fsp3) is 0.900. The van der Waals surface area contributed by atoms with E-state index in [1.54, 1.807) is 0 Å². The summed E-state index contributed by atoms with van der Waals surface area (Å²) in [6.45, 7) is 9.15. The normalized spacial score (nSPS) is 27.5. The molecule has 4 heteroatoms. The second-order valence-corrected chi connectivity index (χ2v) is 4.65. The Hall–Kier alpha value is -0.610. The Labute approximate surface area is 85.3 Å². The van der Waals surface area contributed by atoms with Gasteiger partial charge in [0.1, 0.15) is 0 Å². The number of nitrogens with one attached hydrogen (secondary N) is 1. The van der Waals surface area contributed by atoms with E-state index in [0.29, 0.717) is 0 Å². The number of piperazine rings is 1. The summed E-state index contributed by atoms with van der Waals surface area (Å²) in [5.74, 6) is -0.726. The molecule has 0 aromatic rings. The second kappa shape index (κ2) is 4.28. The molecule has 82 valence electrons. The van der Waals surface area contributed by atoms with Crippen molar-refractivity contribution in [3.8, 4) is 0 Å². The van der Waals surface area contributed by atoms with Gasteiger partial charge in [0.05, 0.1) is 6.42 Å². The van der Waals surface area contributed by atoms with Crippen molar-refractivity contribution in [2.75, 3.05) is 19.6 Å². The van der Waals surface area contributed by atoms with Crippen LogP contribution in [-0.2, 0) is 4.79 Å². The minimum Gasteiger partial charge on any atom is -0.481 e. The highest BCUT2D eigenvalue weighted by Gasteiger charge is 2.31. The smallest absolute Gasteiger partial charge is 0.304 e. The van der Waals surface area contributed by atoms with Gasteiger partial charge in [0.15, 0.2) is 0 Å². The number of nitrogens with zero attached hydrogens (tertiary/aromatic N) is 1. The van der Waals surface area contributed by atoms with Crippen LogP contribution in [0.4, 0.5) is 0 Å². The van der Waals surface area contributed by atoms with E-state index in [4.69, 9.17) is 5.11 Å². The van der Waals surface area contributed by atoms with Crippen molar-refractivity contribution in [3.05, 3.63) is 0 Å². The van der Waals surface area contributed by atoms with E-state index < -0.39 is 5.97 Å². The standard InChI is InChI=1S/C10H20N2O2/c1-4-12-6-8(5-9(13)14)11-10(2,3)7-12/h8,11H,4-7H2,1-3H3,(H,13,14). The number of hydrogen-bond donors (Lipinski definition) is 2. The molecule has 2 N–H and O–H groups in total. The summed E-state index contributed by atoms with van der Waals surface area (Å²) in [7, 11) is 0. The maximum Gasteiger partial charge on any atom is 0.304 e. The first kappa shape index (κ1) is 11.5. The van der Waals surface area contributed by atoms with Gasteiger partial charge in [-0.25, -0.2) is 0 Å². The largest absolute Gasteiger partial charge is 0.481 e. The quantitative estimate of drug-likeness (QED) is 0.698. The van der Waals surface area contributed by atoms with Gasteiger partial charge in [-0.2, -0.15) is 0 Å². The van der Waals surface area contributed by atoms with Crippen LogP contribution in [0, 0.1) is 0 Å². The van der Waals surface area contributed by atoms with Gasteiger partial charge >= 0.3 is 5.97 Å². The molecule has 0 radical (unpaired) electrons. The summed E-state index contributed by atoms with van der Waals surface area (Å²) in [5.41, 5.74) is 0.0222. The van der Waals surface area contributed by atoms with Gasteiger partial charge in [-0.15, -0.1) is 0 Å². The number of carboxylic acid groups (broad SMARTS) is 1. The predicted molar refractivity (Wildman–Crippen MR) is 55.4 cm³/mol. The van der Waals surface area contributed by atoms with Crippen LogP contribution in [0.1, 0.15) is 27.2 Å². The first-order chi connectivity index (χ1) is 6.43. The molecule has 14 heavy (non-hydrogen) atoms. The number of carboxylic acids is 1. The van der Waals surface area contributed by atoms with E-state index in [0.717, 1.165) is 19.6 Å². The van der Waals surface area contributed by atoms with Crippen LogP contribution >= 0.6 is 0 Å². The van der Waals surface area contributed by atoms with Gasteiger partial charge in [0.2, 0.25) is 0 Å². The summed E-state index contributed by atoms with van der Waals surface area (Å²) in [6, 6.07) is 0.0798. The van der Waals surface area contributed by atoms with E-state index in [1.165, 1.54) is 0 Å². The van der Waals surface area contributed by atoms with Crippen molar-refractivity contribution >= 4 is 5.97 Å². The van der Waals surface area contributed by atoms with Crippen molar-refractivity contribution in [3.63, 3.8) is 0 Å². The van der Waals surface area contributed by atoms with Gasteiger partial charge in [-0.05, 0) is 20.4 Å². The number of aliphatic carboxylic acids is 1. The van der Waals surface area contributed by atoms with Crippen molar-refractivity contribution in [2.45, 2.75) is 38.8 Å². The molecule has 1 atom stereocenters. The SMILES string of the molecule is CCN1CC(CC(=O)O)NC(C)(C)C1. The van der Waals surface area contributed by atoms with Gasteiger partial charge in [0, 0.05) is 24.7 Å². The van der Waals surface area contributed by atoms with Crippen molar-refractivity contribution in [1.29, 1.82) is 0 Å². The zero-order valence-electron chi connectivity index (χ0n) is 9.21. The molecular formula is C10H20N2O2. The van der Waals surface area contributed by atoms with E-state index in [9.17, 15) is 4.79 Å². The van der Waals surface area contributed by atoms with Crippen LogP contribution in [0.25, 0.3) is 0 Å². The van der Waals surface area contributed by atoms with Crippen LogP contribution in [-0.4, -0.2) is 47.2 Å². The average molecular weight is 200 g/mol. The number of rotatable bonds is 3. The summed E-state index contributed by atoms with van der Waals surface area (Å²) in [6.07, 6.45) is 0.208. The fourth-order valence-corrected chi connectivity index (χ4v) is 2.15. The lowest BCUT2D eigenvalue weighted by atomic mass is 9.97. The lowest BCUT2D eigenvalue weighted by Gasteiger charge is -2.43. The Morgan fingerprint density at radius 1 is 1.64 bits per heavy atom. The van der Waals surface area contributed by atoms with E-state index >= 15 is 0 Å². The minimum absolute atomic E-state index is 0.0222. The van der Waals surface area contributed by atoms with Crippen LogP contribution in [0.15, 0.2) is 0 Å². The van der Waals surface area contributed by atoms with Crippen molar-refractivity contribution in [1.82, 2.24) is 10.2 Å². The Morgan fingerprint density at radius 3 is 2.79 bits per heavy atom. The first-order valence-corrected chi connectivity index (χ1v) is 5.15. The van der Waals surface area contributed by atoms with Gasteiger partial charge in [-0.1, -0.05) is 6.92 Å². The maximum atomic E-state index is 10.6.